The molecule has 14 heavy (non-hydrogen) atoms. The second-order valence-electron chi connectivity index (χ2n) is 3.02. The molecular weight excluding hydrogens is 229 g/mol. The molecule has 0 atom stereocenters. The van der Waals surface area contributed by atoms with Crippen molar-refractivity contribution in [1.82, 2.24) is 4.31 Å². The van der Waals surface area contributed by atoms with E-state index in [0.29, 0.717) is 6.54 Å². The van der Waals surface area contributed by atoms with Gasteiger partial charge in [0.2, 0.25) is 10.0 Å². The number of hydrogen-bond donors (Lipinski definition) is 2. The topological polar surface area (TPSA) is 94.9 Å². The van der Waals surface area contributed by atoms with Crippen LogP contribution in [0.4, 0.5) is 0 Å². The van der Waals surface area contributed by atoms with Gasteiger partial charge in [0.1, 0.15) is 0 Å². The zero-order chi connectivity index (χ0) is 10.8. The summed E-state index contributed by atoms with van der Waals surface area (Å²) >= 11 is 0. The van der Waals surface area contributed by atoms with Gasteiger partial charge in [-0.15, -0.1) is 0 Å². The summed E-state index contributed by atoms with van der Waals surface area (Å²) in [5, 5.41) is 1.10. The molecule has 0 aliphatic carbocycles. The Morgan fingerprint density at radius 1 is 1.43 bits per heavy atom. The first-order valence-corrected chi connectivity index (χ1v) is 7.33. The first-order valence-electron chi connectivity index (χ1n) is 4.02. The Balaban J connectivity index is 2.38. The highest BCUT2D eigenvalue weighted by atomic mass is 32.2. The Hall–Kier alpha value is -0.200. The van der Waals surface area contributed by atoms with Crippen molar-refractivity contribution in [2.75, 3.05) is 19.3 Å². The molecule has 0 aromatic carbocycles. The van der Waals surface area contributed by atoms with E-state index in [0.717, 1.165) is 5.41 Å². The predicted molar refractivity (Wildman–Crippen MR) is 51.2 cm³/mol. The van der Waals surface area contributed by atoms with Gasteiger partial charge >= 0.3 is 7.60 Å². The van der Waals surface area contributed by atoms with Gasteiger partial charge in [-0.1, -0.05) is 6.08 Å². The SMILES string of the molecule is O=P(O)(O)CCCN1CC=CS1(=O)=O. The van der Waals surface area contributed by atoms with Crippen LogP contribution in [0, 0.1) is 0 Å². The van der Waals surface area contributed by atoms with Crippen LogP contribution in [0.1, 0.15) is 6.42 Å². The average Bonchev–Trinajstić information content (AvgIpc) is 2.28. The summed E-state index contributed by atoms with van der Waals surface area (Å²) in [7, 11) is -7.31. The maximum atomic E-state index is 11.2. The summed E-state index contributed by atoms with van der Waals surface area (Å²) in [4.78, 5) is 17.1. The van der Waals surface area contributed by atoms with E-state index in [1.807, 2.05) is 0 Å². The molecule has 82 valence electrons. The largest absolute Gasteiger partial charge is 0.325 e. The molecule has 6 nitrogen and oxygen atoms in total. The van der Waals surface area contributed by atoms with Crippen molar-refractivity contribution < 1.29 is 22.8 Å². The van der Waals surface area contributed by atoms with Gasteiger partial charge in [-0.2, -0.15) is 4.31 Å². The molecule has 0 radical (unpaired) electrons. The van der Waals surface area contributed by atoms with E-state index in [4.69, 9.17) is 9.79 Å². The Kier molecular flexibility index (Phi) is 3.49. The third kappa shape index (κ3) is 3.51. The minimum atomic E-state index is -4.01. The quantitative estimate of drug-likeness (QED) is 0.660. The number of nitrogens with zero attached hydrogens (tertiary/aromatic N) is 1. The fourth-order valence-electron chi connectivity index (χ4n) is 1.14. The van der Waals surface area contributed by atoms with Crippen molar-refractivity contribution in [3.05, 3.63) is 11.5 Å². The molecule has 0 amide bonds. The number of rotatable bonds is 4. The number of sulfonamides is 1. The van der Waals surface area contributed by atoms with Crippen LogP contribution in [0.25, 0.3) is 0 Å². The van der Waals surface area contributed by atoms with E-state index in [-0.39, 0.29) is 19.1 Å². The second kappa shape index (κ2) is 4.12. The highest BCUT2D eigenvalue weighted by Crippen LogP contribution is 2.35. The molecular formula is C6H12NO5PS. The summed E-state index contributed by atoms with van der Waals surface area (Å²) < 4.78 is 34.0. The van der Waals surface area contributed by atoms with E-state index >= 15 is 0 Å². The van der Waals surface area contributed by atoms with E-state index < -0.39 is 17.6 Å². The molecule has 1 aliphatic rings. The lowest BCUT2D eigenvalue weighted by atomic mass is 10.5. The van der Waals surface area contributed by atoms with Crippen molar-refractivity contribution in [1.29, 1.82) is 0 Å². The van der Waals surface area contributed by atoms with Gasteiger partial charge < -0.3 is 9.79 Å². The second-order valence-corrected chi connectivity index (χ2v) is 6.61. The van der Waals surface area contributed by atoms with Gasteiger partial charge in [-0.05, 0) is 6.42 Å². The fourth-order valence-corrected chi connectivity index (χ4v) is 2.88. The van der Waals surface area contributed by atoms with Gasteiger partial charge in [0, 0.05) is 18.5 Å². The highest BCUT2D eigenvalue weighted by Gasteiger charge is 2.23. The molecule has 1 aliphatic heterocycles. The molecule has 1 heterocycles. The van der Waals surface area contributed by atoms with Gasteiger partial charge in [0.15, 0.2) is 0 Å². The smallest absolute Gasteiger partial charge is 0.324 e. The van der Waals surface area contributed by atoms with Gasteiger partial charge in [-0.25, -0.2) is 8.42 Å². The third-order valence-corrected chi connectivity index (χ3v) is 4.28. The van der Waals surface area contributed by atoms with Crippen LogP contribution >= 0.6 is 7.60 Å². The van der Waals surface area contributed by atoms with Crippen LogP contribution in [0.15, 0.2) is 11.5 Å². The first-order chi connectivity index (χ1) is 6.31. The highest BCUT2D eigenvalue weighted by molar-refractivity contribution is 7.92. The van der Waals surface area contributed by atoms with E-state index in [1.165, 1.54) is 10.4 Å². The van der Waals surface area contributed by atoms with Crippen molar-refractivity contribution in [2.24, 2.45) is 0 Å². The van der Waals surface area contributed by atoms with E-state index in [1.54, 1.807) is 0 Å². The molecule has 8 heteroatoms. The monoisotopic (exact) mass is 241 g/mol. The lowest BCUT2D eigenvalue weighted by molar-refractivity contribution is 0.367. The van der Waals surface area contributed by atoms with Crippen LogP contribution < -0.4 is 0 Å². The Morgan fingerprint density at radius 3 is 2.50 bits per heavy atom. The average molecular weight is 241 g/mol. The summed E-state index contributed by atoms with van der Waals surface area (Å²) in [5.74, 6) is 0. The lowest BCUT2D eigenvalue weighted by Gasteiger charge is -2.13. The van der Waals surface area contributed by atoms with Crippen molar-refractivity contribution in [2.45, 2.75) is 6.42 Å². The van der Waals surface area contributed by atoms with Gasteiger partial charge in [0.05, 0.1) is 6.16 Å². The van der Waals surface area contributed by atoms with Gasteiger partial charge in [-0.3, -0.25) is 4.57 Å². The van der Waals surface area contributed by atoms with Crippen molar-refractivity contribution >= 4 is 17.6 Å². The minimum absolute atomic E-state index is 0.153. The van der Waals surface area contributed by atoms with E-state index in [9.17, 15) is 13.0 Å². The van der Waals surface area contributed by atoms with Crippen LogP contribution in [0.2, 0.25) is 0 Å². The Labute approximate surface area is 82.4 Å². The van der Waals surface area contributed by atoms with Gasteiger partial charge in [0.25, 0.3) is 0 Å². The molecule has 0 spiro atoms. The third-order valence-electron chi connectivity index (χ3n) is 1.79. The fraction of sp³-hybridized carbons (Fsp3) is 0.667. The summed E-state index contributed by atoms with van der Waals surface area (Å²) in [5.41, 5.74) is 0. The maximum absolute atomic E-state index is 11.2. The van der Waals surface area contributed by atoms with Crippen LogP contribution in [0.3, 0.4) is 0 Å². The summed E-state index contributed by atoms with van der Waals surface area (Å²) in [6.07, 6.45) is 1.40. The minimum Gasteiger partial charge on any atom is -0.324 e. The van der Waals surface area contributed by atoms with Crippen LogP contribution in [-0.2, 0) is 14.6 Å². The first kappa shape index (κ1) is 11.9. The zero-order valence-electron chi connectivity index (χ0n) is 7.40. The van der Waals surface area contributed by atoms with E-state index in [2.05, 4.69) is 0 Å². The summed E-state index contributed by atoms with van der Waals surface area (Å²) in [6, 6.07) is 0. The Bertz CT molecular complexity index is 370. The van der Waals surface area contributed by atoms with Crippen molar-refractivity contribution in [3.63, 3.8) is 0 Å². The standard InChI is InChI=1S/C6H12NO5PS/c8-13(9,10)5-1-3-7-4-2-6-14(7,11)12/h2,6H,1,3-5H2,(H2,8,9,10). The molecule has 2 N–H and O–H groups in total. The molecule has 0 aromatic rings. The normalized spacial score (nSPS) is 21.6. The Morgan fingerprint density at radius 2 is 2.07 bits per heavy atom. The zero-order valence-corrected chi connectivity index (χ0v) is 9.12. The molecule has 0 saturated heterocycles. The lowest BCUT2D eigenvalue weighted by Crippen LogP contribution is -2.26. The summed E-state index contributed by atoms with van der Waals surface area (Å²) in [6.45, 7) is 0.448. The van der Waals surface area contributed by atoms with Crippen LogP contribution in [-0.4, -0.2) is 41.8 Å². The molecule has 0 bridgehead atoms. The molecule has 0 aromatic heterocycles. The molecule has 0 unspecified atom stereocenters. The van der Waals surface area contributed by atoms with Crippen molar-refractivity contribution in [3.8, 4) is 0 Å². The predicted octanol–water partition coefficient (Wildman–Crippen LogP) is -0.287. The molecule has 0 saturated carbocycles. The molecule has 1 rings (SSSR count). The van der Waals surface area contributed by atoms with Crippen LogP contribution in [0.5, 0.6) is 0 Å². The number of hydrogen-bond acceptors (Lipinski definition) is 3. The maximum Gasteiger partial charge on any atom is 0.325 e. The molecule has 0 fully saturated rings.